The first-order chi connectivity index (χ1) is 8.74. The molecule has 0 saturated heterocycles. The van der Waals surface area contributed by atoms with Crippen molar-refractivity contribution in [2.45, 2.75) is 6.54 Å². The average Bonchev–Trinajstić information content (AvgIpc) is 2.89. The summed E-state index contributed by atoms with van der Waals surface area (Å²) >= 11 is 0. The molecule has 0 aliphatic carbocycles. The molecule has 0 atom stereocenters. The standard InChI is InChI=1S/C14H12FNO2/c15-12-5-3-11(4-6-12)10-16-14(17)8-7-13-2-1-9-18-13/h1-9H,10H2,(H,16,17). The van der Waals surface area contributed by atoms with Crippen LogP contribution in [0.25, 0.3) is 6.08 Å². The van der Waals surface area contributed by atoms with Crippen molar-refractivity contribution in [3.63, 3.8) is 0 Å². The van der Waals surface area contributed by atoms with Crippen LogP contribution in [0.4, 0.5) is 4.39 Å². The van der Waals surface area contributed by atoms with Gasteiger partial charge in [-0.05, 0) is 35.9 Å². The molecule has 1 aromatic heterocycles. The third kappa shape index (κ3) is 3.59. The van der Waals surface area contributed by atoms with Gasteiger partial charge in [-0.1, -0.05) is 12.1 Å². The summed E-state index contributed by atoms with van der Waals surface area (Å²) in [6.45, 7) is 0.363. The predicted molar refractivity (Wildman–Crippen MR) is 66.0 cm³/mol. The lowest BCUT2D eigenvalue weighted by molar-refractivity contribution is -0.116. The van der Waals surface area contributed by atoms with Crippen LogP contribution in [0.3, 0.4) is 0 Å². The van der Waals surface area contributed by atoms with E-state index < -0.39 is 0 Å². The van der Waals surface area contributed by atoms with Gasteiger partial charge in [0.15, 0.2) is 0 Å². The van der Waals surface area contributed by atoms with Gasteiger partial charge in [-0.3, -0.25) is 4.79 Å². The minimum atomic E-state index is -0.289. The van der Waals surface area contributed by atoms with Gasteiger partial charge in [0, 0.05) is 12.6 Å². The topological polar surface area (TPSA) is 42.2 Å². The van der Waals surface area contributed by atoms with Gasteiger partial charge in [0.1, 0.15) is 11.6 Å². The van der Waals surface area contributed by atoms with E-state index in [4.69, 9.17) is 4.42 Å². The zero-order valence-corrected chi connectivity index (χ0v) is 9.60. The molecule has 4 heteroatoms. The predicted octanol–water partition coefficient (Wildman–Crippen LogP) is 2.75. The summed E-state index contributed by atoms with van der Waals surface area (Å²) in [5.41, 5.74) is 0.844. The van der Waals surface area contributed by atoms with Crippen LogP contribution in [0.1, 0.15) is 11.3 Å². The number of halogens is 1. The molecule has 2 aromatic rings. The first-order valence-corrected chi connectivity index (χ1v) is 5.48. The van der Waals surface area contributed by atoms with Gasteiger partial charge >= 0.3 is 0 Å². The van der Waals surface area contributed by atoms with Crippen LogP contribution < -0.4 is 5.32 Å². The number of amides is 1. The molecule has 0 unspecified atom stereocenters. The highest BCUT2D eigenvalue weighted by Crippen LogP contribution is 2.03. The van der Waals surface area contributed by atoms with Crippen LogP contribution in [0.2, 0.25) is 0 Å². The Kier molecular flexibility index (Phi) is 3.91. The lowest BCUT2D eigenvalue weighted by atomic mass is 10.2. The van der Waals surface area contributed by atoms with Crippen molar-refractivity contribution in [3.8, 4) is 0 Å². The highest BCUT2D eigenvalue weighted by molar-refractivity contribution is 5.91. The van der Waals surface area contributed by atoms with E-state index in [2.05, 4.69) is 5.32 Å². The van der Waals surface area contributed by atoms with Gasteiger partial charge in [0.2, 0.25) is 5.91 Å². The fourth-order valence-electron chi connectivity index (χ4n) is 1.39. The normalized spacial score (nSPS) is 10.7. The maximum Gasteiger partial charge on any atom is 0.244 e. The van der Waals surface area contributed by atoms with E-state index in [9.17, 15) is 9.18 Å². The smallest absolute Gasteiger partial charge is 0.244 e. The van der Waals surface area contributed by atoms with E-state index in [1.54, 1.807) is 30.3 Å². The molecular formula is C14H12FNO2. The summed E-state index contributed by atoms with van der Waals surface area (Å²) in [7, 11) is 0. The van der Waals surface area contributed by atoms with E-state index >= 15 is 0 Å². The zero-order valence-electron chi connectivity index (χ0n) is 9.60. The third-order valence-electron chi connectivity index (χ3n) is 2.32. The Morgan fingerprint density at radius 2 is 2.06 bits per heavy atom. The van der Waals surface area contributed by atoms with Crippen LogP contribution in [-0.2, 0) is 11.3 Å². The number of nitrogens with one attached hydrogen (secondary N) is 1. The number of rotatable bonds is 4. The molecule has 0 aliphatic rings. The van der Waals surface area contributed by atoms with E-state index in [1.807, 2.05) is 0 Å². The van der Waals surface area contributed by atoms with Gasteiger partial charge in [0.05, 0.1) is 6.26 Å². The van der Waals surface area contributed by atoms with Crippen molar-refractivity contribution in [3.05, 3.63) is 65.9 Å². The zero-order chi connectivity index (χ0) is 12.8. The number of carbonyl (C=O) groups excluding carboxylic acids is 1. The molecule has 0 aliphatic heterocycles. The molecule has 2 rings (SSSR count). The first kappa shape index (κ1) is 12.1. The Balaban J connectivity index is 1.83. The van der Waals surface area contributed by atoms with Crippen LogP contribution >= 0.6 is 0 Å². The number of furan rings is 1. The number of hydrogen-bond donors (Lipinski definition) is 1. The van der Waals surface area contributed by atoms with E-state index in [0.29, 0.717) is 12.3 Å². The van der Waals surface area contributed by atoms with E-state index in [1.165, 1.54) is 24.5 Å². The monoisotopic (exact) mass is 245 g/mol. The second-order valence-corrected chi connectivity index (χ2v) is 3.69. The quantitative estimate of drug-likeness (QED) is 0.841. The van der Waals surface area contributed by atoms with Crippen molar-refractivity contribution >= 4 is 12.0 Å². The minimum absolute atomic E-state index is 0.226. The molecule has 0 radical (unpaired) electrons. The van der Waals surface area contributed by atoms with Crippen LogP contribution in [-0.4, -0.2) is 5.91 Å². The first-order valence-electron chi connectivity index (χ1n) is 5.48. The molecule has 1 aromatic carbocycles. The van der Waals surface area contributed by atoms with Gasteiger partial charge in [0.25, 0.3) is 0 Å². The molecule has 0 spiro atoms. The fraction of sp³-hybridized carbons (Fsp3) is 0.0714. The molecule has 0 saturated carbocycles. The Labute approximate surface area is 104 Å². The lowest BCUT2D eigenvalue weighted by Gasteiger charge is -2.01. The fourth-order valence-corrected chi connectivity index (χ4v) is 1.39. The van der Waals surface area contributed by atoms with Gasteiger partial charge in [-0.15, -0.1) is 0 Å². The van der Waals surface area contributed by atoms with Crippen molar-refractivity contribution in [1.29, 1.82) is 0 Å². The van der Waals surface area contributed by atoms with Crippen LogP contribution in [0.15, 0.2) is 53.2 Å². The second kappa shape index (κ2) is 5.82. The molecule has 92 valence electrons. The lowest BCUT2D eigenvalue weighted by Crippen LogP contribution is -2.20. The van der Waals surface area contributed by atoms with Crippen molar-refractivity contribution in [2.24, 2.45) is 0 Å². The minimum Gasteiger partial charge on any atom is -0.465 e. The molecular weight excluding hydrogens is 233 g/mol. The number of carbonyl (C=O) groups is 1. The van der Waals surface area contributed by atoms with Gasteiger partial charge in [-0.2, -0.15) is 0 Å². The summed E-state index contributed by atoms with van der Waals surface area (Å²) in [6, 6.07) is 9.48. The van der Waals surface area contributed by atoms with Crippen molar-refractivity contribution < 1.29 is 13.6 Å². The van der Waals surface area contributed by atoms with Crippen LogP contribution in [0, 0.1) is 5.82 Å². The maximum atomic E-state index is 12.7. The summed E-state index contributed by atoms with van der Waals surface area (Å²) in [5, 5.41) is 2.69. The largest absolute Gasteiger partial charge is 0.465 e. The Hall–Kier alpha value is -2.36. The highest BCUT2D eigenvalue weighted by Gasteiger charge is 1.98. The van der Waals surface area contributed by atoms with Crippen molar-refractivity contribution in [1.82, 2.24) is 5.32 Å². The maximum absolute atomic E-state index is 12.7. The number of hydrogen-bond acceptors (Lipinski definition) is 2. The van der Waals surface area contributed by atoms with Crippen molar-refractivity contribution in [2.75, 3.05) is 0 Å². The van der Waals surface area contributed by atoms with E-state index in [-0.39, 0.29) is 11.7 Å². The summed E-state index contributed by atoms with van der Waals surface area (Å²) in [5.74, 6) is 0.102. The Morgan fingerprint density at radius 3 is 2.72 bits per heavy atom. The summed E-state index contributed by atoms with van der Waals surface area (Å²) in [6.07, 6.45) is 4.51. The van der Waals surface area contributed by atoms with Crippen LogP contribution in [0.5, 0.6) is 0 Å². The molecule has 1 heterocycles. The molecule has 3 nitrogen and oxygen atoms in total. The summed E-state index contributed by atoms with van der Waals surface area (Å²) < 4.78 is 17.7. The SMILES string of the molecule is O=C(C=Cc1ccco1)NCc1ccc(F)cc1. The average molecular weight is 245 g/mol. The third-order valence-corrected chi connectivity index (χ3v) is 2.32. The molecule has 18 heavy (non-hydrogen) atoms. The Bertz CT molecular complexity index is 529. The van der Waals surface area contributed by atoms with E-state index in [0.717, 1.165) is 5.56 Å². The second-order valence-electron chi connectivity index (χ2n) is 3.69. The molecule has 0 bridgehead atoms. The summed E-state index contributed by atoms with van der Waals surface area (Å²) in [4.78, 5) is 11.5. The Morgan fingerprint density at radius 1 is 1.28 bits per heavy atom. The van der Waals surface area contributed by atoms with Gasteiger partial charge < -0.3 is 9.73 Å². The number of benzene rings is 1. The molecule has 0 fully saturated rings. The van der Waals surface area contributed by atoms with Gasteiger partial charge in [-0.25, -0.2) is 4.39 Å². The highest BCUT2D eigenvalue weighted by atomic mass is 19.1. The molecule has 1 N–H and O–H groups in total. The molecule has 1 amide bonds.